The molecule has 1 unspecified atom stereocenters. The predicted octanol–water partition coefficient (Wildman–Crippen LogP) is 2.75. The van der Waals surface area contributed by atoms with Gasteiger partial charge in [-0.2, -0.15) is 0 Å². The van der Waals surface area contributed by atoms with Crippen molar-refractivity contribution in [2.75, 3.05) is 0 Å². The summed E-state index contributed by atoms with van der Waals surface area (Å²) in [5.41, 5.74) is 1.35. The lowest BCUT2D eigenvalue weighted by atomic mass is 10.1. The normalized spacial score (nSPS) is 11.5. The highest BCUT2D eigenvalue weighted by Gasteiger charge is 2.23. The van der Waals surface area contributed by atoms with Crippen LogP contribution >= 0.6 is 0 Å². The summed E-state index contributed by atoms with van der Waals surface area (Å²) < 4.78 is 17.9. The van der Waals surface area contributed by atoms with Gasteiger partial charge in [-0.3, -0.25) is 9.59 Å². The van der Waals surface area contributed by atoms with Crippen molar-refractivity contribution in [2.24, 2.45) is 0 Å². The summed E-state index contributed by atoms with van der Waals surface area (Å²) in [6.07, 6.45) is -1.00. The molecule has 1 N–H and O–H groups in total. The van der Waals surface area contributed by atoms with E-state index in [1.54, 1.807) is 36.4 Å². The SMILES string of the molecule is CC(=O)OC(C(=O)NCc1ccc(F)cc1)c1ccccc1. The van der Waals surface area contributed by atoms with Gasteiger partial charge >= 0.3 is 5.97 Å². The minimum Gasteiger partial charge on any atom is -0.447 e. The van der Waals surface area contributed by atoms with Gasteiger partial charge in [0.05, 0.1) is 0 Å². The van der Waals surface area contributed by atoms with Gasteiger partial charge in [-0.25, -0.2) is 4.39 Å². The van der Waals surface area contributed by atoms with E-state index in [9.17, 15) is 14.0 Å². The molecule has 2 aromatic rings. The standard InChI is InChI=1S/C17H16FNO3/c1-12(20)22-16(14-5-3-2-4-6-14)17(21)19-11-13-7-9-15(18)10-8-13/h2-10,16H,11H2,1H3,(H,19,21). The molecule has 0 aliphatic heterocycles. The lowest BCUT2D eigenvalue weighted by molar-refractivity contribution is -0.154. The number of halogens is 1. The molecule has 0 bridgehead atoms. The van der Waals surface area contributed by atoms with Crippen LogP contribution in [-0.2, 0) is 20.9 Å². The van der Waals surface area contributed by atoms with Crippen LogP contribution in [0.15, 0.2) is 54.6 Å². The number of ether oxygens (including phenoxy) is 1. The maximum Gasteiger partial charge on any atom is 0.303 e. The molecule has 0 spiro atoms. The van der Waals surface area contributed by atoms with Crippen molar-refractivity contribution in [3.8, 4) is 0 Å². The Morgan fingerprint density at radius 2 is 1.73 bits per heavy atom. The van der Waals surface area contributed by atoms with E-state index in [4.69, 9.17) is 4.74 Å². The Morgan fingerprint density at radius 1 is 1.09 bits per heavy atom. The number of hydrogen-bond donors (Lipinski definition) is 1. The van der Waals surface area contributed by atoms with Crippen LogP contribution in [0.25, 0.3) is 0 Å². The number of hydrogen-bond acceptors (Lipinski definition) is 3. The smallest absolute Gasteiger partial charge is 0.303 e. The Bertz CT molecular complexity index is 641. The molecule has 5 heteroatoms. The molecule has 0 heterocycles. The molecule has 0 saturated carbocycles. The van der Waals surface area contributed by atoms with Crippen LogP contribution in [0.3, 0.4) is 0 Å². The monoisotopic (exact) mass is 301 g/mol. The average molecular weight is 301 g/mol. The van der Waals surface area contributed by atoms with E-state index in [1.165, 1.54) is 19.1 Å². The van der Waals surface area contributed by atoms with E-state index >= 15 is 0 Å². The number of rotatable bonds is 5. The highest BCUT2D eigenvalue weighted by molar-refractivity contribution is 5.84. The summed E-state index contributed by atoms with van der Waals surface area (Å²) >= 11 is 0. The Kier molecular flexibility index (Phi) is 5.25. The van der Waals surface area contributed by atoms with Crippen molar-refractivity contribution in [3.05, 3.63) is 71.5 Å². The third-order valence-electron chi connectivity index (χ3n) is 3.00. The maximum absolute atomic E-state index is 12.8. The number of esters is 1. The zero-order chi connectivity index (χ0) is 15.9. The fraction of sp³-hybridized carbons (Fsp3) is 0.176. The molecule has 1 atom stereocenters. The fourth-order valence-electron chi connectivity index (χ4n) is 1.95. The molecule has 0 fully saturated rings. The van der Waals surface area contributed by atoms with Crippen molar-refractivity contribution in [1.82, 2.24) is 5.32 Å². The molecule has 1 amide bonds. The van der Waals surface area contributed by atoms with Crippen molar-refractivity contribution in [1.29, 1.82) is 0 Å². The van der Waals surface area contributed by atoms with Crippen LogP contribution in [-0.4, -0.2) is 11.9 Å². The van der Waals surface area contributed by atoms with Crippen LogP contribution in [0.1, 0.15) is 24.2 Å². The van der Waals surface area contributed by atoms with Gasteiger partial charge in [-0.15, -0.1) is 0 Å². The molecule has 2 rings (SSSR count). The molecule has 0 radical (unpaired) electrons. The zero-order valence-electron chi connectivity index (χ0n) is 12.1. The number of benzene rings is 2. The van der Waals surface area contributed by atoms with E-state index in [0.29, 0.717) is 5.56 Å². The Hall–Kier alpha value is -2.69. The molecule has 4 nitrogen and oxygen atoms in total. The Morgan fingerprint density at radius 3 is 2.32 bits per heavy atom. The van der Waals surface area contributed by atoms with Crippen molar-refractivity contribution in [2.45, 2.75) is 19.6 Å². The minimum absolute atomic E-state index is 0.226. The molecule has 2 aromatic carbocycles. The Balaban J connectivity index is 2.05. The number of carbonyl (C=O) groups is 2. The second kappa shape index (κ2) is 7.36. The number of nitrogens with one attached hydrogen (secondary N) is 1. The van der Waals surface area contributed by atoms with Gasteiger partial charge in [0.25, 0.3) is 5.91 Å². The topological polar surface area (TPSA) is 55.4 Å². The largest absolute Gasteiger partial charge is 0.447 e. The summed E-state index contributed by atoms with van der Waals surface area (Å²) in [7, 11) is 0. The highest BCUT2D eigenvalue weighted by atomic mass is 19.1. The third kappa shape index (κ3) is 4.41. The van der Waals surface area contributed by atoms with E-state index in [-0.39, 0.29) is 12.4 Å². The van der Waals surface area contributed by atoms with Crippen LogP contribution in [0.4, 0.5) is 4.39 Å². The molecule has 0 aliphatic carbocycles. The van der Waals surface area contributed by atoms with E-state index in [0.717, 1.165) is 5.56 Å². The fourth-order valence-corrected chi connectivity index (χ4v) is 1.95. The van der Waals surface area contributed by atoms with Crippen molar-refractivity contribution >= 4 is 11.9 Å². The molecule has 22 heavy (non-hydrogen) atoms. The van der Waals surface area contributed by atoms with Gasteiger partial charge in [0.2, 0.25) is 6.10 Å². The third-order valence-corrected chi connectivity index (χ3v) is 3.00. The molecule has 0 saturated heterocycles. The zero-order valence-corrected chi connectivity index (χ0v) is 12.1. The summed E-state index contributed by atoms with van der Waals surface area (Å²) in [4.78, 5) is 23.5. The highest BCUT2D eigenvalue weighted by Crippen LogP contribution is 2.18. The van der Waals surface area contributed by atoms with Crippen molar-refractivity contribution in [3.63, 3.8) is 0 Å². The minimum atomic E-state index is -1.00. The first-order valence-corrected chi connectivity index (χ1v) is 6.80. The number of carbonyl (C=O) groups excluding carboxylic acids is 2. The number of amides is 1. The van der Waals surface area contributed by atoms with Gasteiger partial charge in [0.15, 0.2) is 0 Å². The quantitative estimate of drug-likeness (QED) is 0.864. The van der Waals surface area contributed by atoms with Gasteiger partial charge in [0.1, 0.15) is 5.82 Å². The maximum atomic E-state index is 12.8. The molecule has 0 aromatic heterocycles. The Labute approximate surface area is 127 Å². The van der Waals surface area contributed by atoms with E-state index < -0.39 is 18.0 Å². The second-order valence-electron chi connectivity index (χ2n) is 4.74. The van der Waals surface area contributed by atoms with Crippen LogP contribution in [0, 0.1) is 5.82 Å². The summed E-state index contributed by atoms with van der Waals surface area (Å²) in [5.74, 6) is -1.30. The first-order chi connectivity index (χ1) is 10.6. The molecular weight excluding hydrogens is 285 g/mol. The predicted molar refractivity (Wildman–Crippen MR) is 79.2 cm³/mol. The van der Waals surface area contributed by atoms with Crippen LogP contribution < -0.4 is 5.32 Å². The molecular formula is C17H16FNO3. The lowest BCUT2D eigenvalue weighted by Gasteiger charge is -2.17. The second-order valence-corrected chi connectivity index (χ2v) is 4.74. The van der Waals surface area contributed by atoms with E-state index in [2.05, 4.69) is 5.32 Å². The van der Waals surface area contributed by atoms with Crippen LogP contribution in [0.2, 0.25) is 0 Å². The van der Waals surface area contributed by atoms with Gasteiger partial charge in [-0.1, -0.05) is 42.5 Å². The first kappa shape index (κ1) is 15.7. The van der Waals surface area contributed by atoms with E-state index in [1.807, 2.05) is 6.07 Å². The van der Waals surface area contributed by atoms with Crippen molar-refractivity contribution < 1.29 is 18.7 Å². The first-order valence-electron chi connectivity index (χ1n) is 6.80. The summed E-state index contributed by atoms with van der Waals surface area (Å²) in [5, 5.41) is 2.68. The molecule has 114 valence electrons. The average Bonchev–Trinajstić information content (AvgIpc) is 2.52. The van der Waals surface area contributed by atoms with Crippen LogP contribution in [0.5, 0.6) is 0 Å². The summed E-state index contributed by atoms with van der Waals surface area (Å²) in [6, 6.07) is 14.6. The molecule has 0 aliphatic rings. The van der Waals surface area contributed by atoms with Gasteiger partial charge < -0.3 is 10.1 Å². The van der Waals surface area contributed by atoms with Gasteiger partial charge in [0, 0.05) is 19.0 Å². The van der Waals surface area contributed by atoms with Gasteiger partial charge in [-0.05, 0) is 17.7 Å². The summed E-state index contributed by atoms with van der Waals surface area (Å²) in [6.45, 7) is 1.48. The lowest BCUT2D eigenvalue weighted by Crippen LogP contribution is -2.31.